The predicted octanol–water partition coefficient (Wildman–Crippen LogP) is 4.13. The Labute approximate surface area is 196 Å². The Morgan fingerprint density at radius 1 is 1.13 bits per heavy atom. The average molecular weight is 521 g/mol. The van der Waals surface area contributed by atoms with Crippen molar-refractivity contribution in [3.05, 3.63) is 59.9 Å². The van der Waals surface area contributed by atoms with Gasteiger partial charge in [0.15, 0.2) is 5.96 Å². The van der Waals surface area contributed by atoms with Crippen LogP contribution in [0.1, 0.15) is 43.9 Å². The Morgan fingerprint density at radius 3 is 2.70 bits per heavy atom. The number of rotatable bonds is 8. The molecule has 162 valence electrons. The quantitative estimate of drug-likeness (QED) is 0.278. The number of hydrogen-bond donors (Lipinski definition) is 3. The molecule has 3 N–H and O–H groups in total. The van der Waals surface area contributed by atoms with Crippen LogP contribution in [0.5, 0.6) is 0 Å². The summed E-state index contributed by atoms with van der Waals surface area (Å²) in [5.74, 6) is 1.09. The van der Waals surface area contributed by atoms with Gasteiger partial charge in [-0.15, -0.1) is 24.0 Å². The summed E-state index contributed by atoms with van der Waals surface area (Å²) in [6.07, 6.45) is 6.99. The monoisotopic (exact) mass is 521 g/mol. The summed E-state index contributed by atoms with van der Waals surface area (Å²) < 4.78 is 0. The third kappa shape index (κ3) is 7.93. The molecular formula is C23H32IN5O. The smallest absolute Gasteiger partial charge is 0.227 e. The van der Waals surface area contributed by atoms with Crippen LogP contribution in [0.25, 0.3) is 0 Å². The van der Waals surface area contributed by atoms with Crippen LogP contribution >= 0.6 is 24.0 Å². The number of aliphatic imine (C=N–C) groups is 1. The lowest BCUT2D eigenvalue weighted by atomic mass is 10.1. The molecule has 2 aromatic rings. The molecule has 0 atom stereocenters. The van der Waals surface area contributed by atoms with Crippen molar-refractivity contribution in [2.75, 3.05) is 18.4 Å². The van der Waals surface area contributed by atoms with E-state index in [1.807, 2.05) is 48.7 Å². The number of guanidine groups is 1. The maximum atomic E-state index is 12.3. The van der Waals surface area contributed by atoms with Crippen LogP contribution in [0.3, 0.4) is 0 Å². The van der Waals surface area contributed by atoms with Crippen LogP contribution in [0.15, 0.2) is 53.7 Å². The highest BCUT2D eigenvalue weighted by Gasteiger charge is 2.22. The highest BCUT2D eigenvalue weighted by Crippen LogP contribution is 2.26. The number of benzene rings is 1. The molecule has 0 aliphatic heterocycles. The molecule has 1 aliphatic carbocycles. The van der Waals surface area contributed by atoms with E-state index in [-0.39, 0.29) is 35.8 Å². The first kappa shape index (κ1) is 24.1. The molecule has 1 heterocycles. The normalized spacial score (nSPS) is 14.1. The van der Waals surface area contributed by atoms with Crippen molar-refractivity contribution < 1.29 is 4.79 Å². The minimum Gasteiger partial charge on any atom is -0.357 e. The summed E-state index contributed by atoms with van der Waals surface area (Å²) >= 11 is 0. The van der Waals surface area contributed by atoms with Crippen molar-refractivity contribution >= 4 is 41.5 Å². The zero-order valence-electron chi connectivity index (χ0n) is 17.6. The van der Waals surface area contributed by atoms with E-state index in [0.29, 0.717) is 6.54 Å². The van der Waals surface area contributed by atoms with Crippen LogP contribution < -0.4 is 16.0 Å². The number of nitrogens with one attached hydrogen (secondary N) is 3. The largest absolute Gasteiger partial charge is 0.357 e. The fourth-order valence-corrected chi connectivity index (χ4v) is 3.55. The van der Waals surface area contributed by atoms with Gasteiger partial charge in [0.25, 0.3) is 0 Å². The first-order chi connectivity index (χ1) is 14.2. The second-order valence-electron chi connectivity index (χ2n) is 7.36. The molecule has 3 rings (SSSR count). The Bertz CT molecular complexity index is 806. The number of anilines is 1. The van der Waals surface area contributed by atoms with Gasteiger partial charge in [-0.05, 0) is 49.6 Å². The summed E-state index contributed by atoms with van der Waals surface area (Å²) in [5, 5.41) is 9.69. The van der Waals surface area contributed by atoms with E-state index < -0.39 is 0 Å². The molecule has 6 nitrogen and oxygen atoms in total. The molecule has 0 radical (unpaired) electrons. The van der Waals surface area contributed by atoms with Gasteiger partial charge in [0, 0.05) is 43.0 Å². The highest BCUT2D eigenvalue weighted by molar-refractivity contribution is 14.0. The highest BCUT2D eigenvalue weighted by atomic mass is 127. The van der Waals surface area contributed by atoms with Crippen molar-refractivity contribution in [2.45, 2.75) is 45.6 Å². The lowest BCUT2D eigenvalue weighted by Crippen LogP contribution is -2.38. The van der Waals surface area contributed by atoms with Crippen LogP contribution in [-0.4, -0.2) is 29.9 Å². The second kappa shape index (κ2) is 13.2. The van der Waals surface area contributed by atoms with Crippen LogP contribution in [0.2, 0.25) is 0 Å². The Kier molecular flexibility index (Phi) is 10.6. The summed E-state index contributed by atoms with van der Waals surface area (Å²) in [7, 11) is 0. The van der Waals surface area contributed by atoms with Gasteiger partial charge in [0.1, 0.15) is 0 Å². The summed E-state index contributed by atoms with van der Waals surface area (Å²) in [4.78, 5) is 21.4. The first-order valence-electron chi connectivity index (χ1n) is 10.6. The van der Waals surface area contributed by atoms with Gasteiger partial charge in [0.05, 0.1) is 6.54 Å². The average Bonchev–Trinajstić information content (AvgIpc) is 3.28. The summed E-state index contributed by atoms with van der Waals surface area (Å²) in [5.41, 5.74) is 2.97. The van der Waals surface area contributed by atoms with E-state index in [1.165, 1.54) is 0 Å². The van der Waals surface area contributed by atoms with Crippen LogP contribution in [0.4, 0.5) is 5.69 Å². The van der Waals surface area contributed by atoms with E-state index in [1.54, 1.807) is 0 Å². The molecule has 0 bridgehead atoms. The minimum atomic E-state index is 0. The molecule has 0 saturated heterocycles. The molecule has 1 amide bonds. The predicted molar refractivity (Wildman–Crippen MR) is 133 cm³/mol. The zero-order chi connectivity index (χ0) is 20.3. The summed E-state index contributed by atoms with van der Waals surface area (Å²) in [6, 6.07) is 13.9. The lowest BCUT2D eigenvalue weighted by Gasteiger charge is -2.12. The van der Waals surface area contributed by atoms with Crippen molar-refractivity contribution in [3.63, 3.8) is 0 Å². The Hall–Kier alpha value is -2.16. The SMILES string of the molecule is CCNC(=NCc1cccc(NC(=O)C2CCCC2)c1)NCCc1ccccn1.I. The number of pyridine rings is 1. The number of aromatic nitrogens is 1. The topological polar surface area (TPSA) is 78.4 Å². The number of hydrogen-bond acceptors (Lipinski definition) is 3. The molecular weight excluding hydrogens is 489 g/mol. The van der Waals surface area contributed by atoms with Crippen molar-refractivity contribution in [3.8, 4) is 0 Å². The van der Waals surface area contributed by atoms with E-state index in [0.717, 1.165) is 68.1 Å². The Balaban J connectivity index is 0.00000320. The fourth-order valence-electron chi connectivity index (χ4n) is 3.55. The van der Waals surface area contributed by atoms with Crippen molar-refractivity contribution in [1.29, 1.82) is 0 Å². The third-order valence-electron chi connectivity index (χ3n) is 5.08. The third-order valence-corrected chi connectivity index (χ3v) is 5.08. The van der Waals surface area contributed by atoms with Gasteiger partial charge in [-0.2, -0.15) is 0 Å². The first-order valence-corrected chi connectivity index (χ1v) is 10.6. The fraction of sp³-hybridized carbons (Fsp3) is 0.435. The van der Waals surface area contributed by atoms with Gasteiger partial charge in [-0.3, -0.25) is 9.78 Å². The molecule has 1 aromatic carbocycles. The standard InChI is InChI=1S/C23H31N5O.HI/c1-2-24-23(26-15-13-20-11-5-6-14-25-20)27-17-18-8-7-12-21(16-18)28-22(29)19-9-3-4-10-19;/h5-8,11-12,14,16,19H,2-4,9-10,13,15,17H2,1H3,(H,28,29)(H2,24,26,27);1H. The maximum Gasteiger partial charge on any atom is 0.227 e. The molecule has 1 fully saturated rings. The van der Waals surface area contributed by atoms with E-state index in [2.05, 4.69) is 32.9 Å². The number of halogens is 1. The van der Waals surface area contributed by atoms with Gasteiger partial charge in [-0.25, -0.2) is 4.99 Å². The van der Waals surface area contributed by atoms with Gasteiger partial charge < -0.3 is 16.0 Å². The molecule has 1 aromatic heterocycles. The molecule has 1 aliphatic rings. The second-order valence-corrected chi connectivity index (χ2v) is 7.36. The van der Waals surface area contributed by atoms with E-state index in [4.69, 9.17) is 0 Å². The van der Waals surface area contributed by atoms with Gasteiger partial charge in [0.2, 0.25) is 5.91 Å². The molecule has 0 spiro atoms. The van der Waals surface area contributed by atoms with Crippen LogP contribution in [-0.2, 0) is 17.8 Å². The number of carbonyl (C=O) groups is 1. The van der Waals surface area contributed by atoms with Crippen molar-refractivity contribution in [1.82, 2.24) is 15.6 Å². The molecule has 30 heavy (non-hydrogen) atoms. The molecule has 1 saturated carbocycles. The van der Waals surface area contributed by atoms with E-state index in [9.17, 15) is 4.79 Å². The number of nitrogens with zero attached hydrogens (tertiary/aromatic N) is 2. The number of carbonyl (C=O) groups excluding carboxylic acids is 1. The van der Waals surface area contributed by atoms with E-state index >= 15 is 0 Å². The van der Waals surface area contributed by atoms with Gasteiger partial charge >= 0.3 is 0 Å². The molecule has 7 heteroatoms. The Morgan fingerprint density at radius 2 is 1.97 bits per heavy atom. The van der Waals surface area contributed by atoms with Crippen molar-refractivity contribution in [2.24, 2.45) is 10.9 Å². The number of amides is 1. The lowest BCUT2D eigenvalue weighted by molar-refractivity contribution is -0.119. The maximum absolute atomic E-state index is 12.3. The minimum absolute atomic E-state index is 0. The summed E-state index contributed by atoms with van der Waals surface area (Å²) in [6.45, 7) is 4.16. The van der Waals surface area contributed by atoms with Crippen LogP contribution in [0, 0.1) is 5.92 Å². The zero-order valence-corrected chi connectivity index (χ0v) is 19.9. The molecule has 0 unspecified atom stereocenters. The van der Waals surface area contributed by atoms with Gasteiger partial charge in [-0.1, -0.05) is 31.0 Å².